The second-order valence-electron chi connectivity index (χ2n) is 6.24. The van der Waals surface area contributed by atoms with Gasteiger partial charge in [-0.3, -0.25) is 9.69 Å². The lowest BCUT2D eigenvalue weighted by molar-refractivity contribution is -0.161. The Kier molecular flexibility index (Phi) is 3.71. The number of hydrogen-bond acceptors (Lipinski definition) is 4. The van der Waals surface area contributed by atoms with Gasteiger partial charge in [-0.25, -0.2) is 4.79 Å². The Morgan fingerprint density at radius 2 is 2.11 bits per heavy atom. The van der Waals surface area contributed by atoms with Gasteiger partial charge in [0.25, 0.3) is 0 Å². The van der Waals surface area contributed by atoms with Gasteiger partial charge in [0.05, 0.1) is 6.04 Å². The third-order valence-corrected chi connectivity index (χ3v) is 3.56. The van der Waals surface area contributed by atoms with Crippen molar-refractivity contribution in [3.8, 4) is 0 Å². The molecule has 0 aromatic heterocycles. The molecule has 2 unspecified atom stereocenters. The van der Waals surface area contributed by atoms with Gasteiger partial charge in [-0.05, 0) is 27.7 Å². The maximum absolute atomic E-state index is 12.1. The summed E-state index contributed by atoms with van der Waals surface area (Å²) < 4.78 is 5.41. The van der Waals surface area contributed by atoms with Crippen LogP contribution >= 0.6 is 0 Å². The van der Waals surface area contributed by atoms with Crippen LogP contribution in [0.1, 0.15) is 27.7 Å². The Labute approximate surface area is 114 Å². The number of urea groups is 1. The van der Waals surface area contributed by atoms with Gasteiger partial charge in [0.1, 0.15) is 11.6 Å². The van der Waals surface area contributed by atoms with Crippen LogP contribution in [0.4, 0.5) is 4.79 Å². The fraction of sp³-hybridized carbons (Fsp3) is 0.846. The first-order valence-electron chi connectivity index (χ1n) is 6.79. The first kappa shape index (κ1) is 14.1. The second kappa shape index (κ2) is 5.00. The molecule has 2 rings (SSSR count). The number of carbonyl (C=O) groups excluding carboxylic acids is 2. The zero-order valence-electron chi connectivity index (χ0n) is 12.1. The lowest BCUT2D eigenvalue weighted by Crippen LogP contribution is -2.56. The van der Waals surface area contributed by atoms with Crippen LogP contribution in [-0.4, -0.2) is 65.7 Å². The summed E-state index contributed by atoms with van der Waals surface area (Å²) in [6.45, 7) is 10.2. The largest absolute Gasteiger partial charge is 0.459 e. The molecule has 0 aromatic carbocycles. The first-order chi connectivity index (χ1) is 8.78. The third kappa shape index (κ3) is 3.18. The van der Waals surface area contributed by atoms with Crippen LogP contribution in [0.15, 0.2) is 0 Å². The number of carbonyl (C=O) groups is 2. The fourth-order valence-corrected chi connectivity index (χ4v) is 2.52. The highest BCUT2D eigenvalue weighted by Gasteiger charge is 2.38. The van der Waals surface area contributed by atoms with Crippen molar-refractivity contribution >= 4 is 12.0 Å². The van der Waals surface area contributed by atoms with Crippen molar-refractivity contribution in [2.45, 2.75) is 45.4 Å². The van der Waals surface area contributed by atoms with E-state index in [1.54, 1.807) is 0 Å². The molecule has 0 saturated carbocycles. The van der Waals surface area contributed by atoms with E-state index >= 15 is 0 Å². The molecule has 19 heavy (non-hydrogen) atoms. The number of nitrogens with zero attached hydrogens (tertiary/aromatic N) is 2. The molecule has 0 bridgehead atoms. The van der Waals surface area contributed by atoms with E-state index in [-0.39, 0.29) is 24.1 Å². The maximum Gasteiger partial charge on any atom is 0.323 e. The molecule has 6 nitrogen and oxygen atoms in total. The lowest BCUT2D eigenvalue weighted by atomic mass is 10.1. The van der Waals surface area contributed by atoms with E-state index in [1.807, 2.05) is 32.6 Å². The zero-order chi connectivity index (χ0) is 14.2. The van der Waals surface area contributed by atoms with Gasteiger partial charge in [-0.2, -0.15) is 0 Å². The number of fused-ring (bicyclic) bond motifs is 1. The zero-order valence-corrected chi connectivity index (χ0v) is 12.1. The molecule has 6 heteroatoms. The third-order valence-electron chi connectivity index (χ3n) is 3.56. The van der Waals surface area contributed by atoms with E-state index in [9.17, 15) is 9.59 Å². The molecule has 2 atom stereocenters. The molecule has 2 amide bonds. The predicted molar refractivity (Wildman–Crippen MR) is 70.8 cm³/mol. The van der Waals surface area contributed by atoms with E-state index in [2.05, 4.69) is 10.2 Å². The summed E-state index contributed by atoms with van der Waals surface area (Å²) in [5, 5.41) is 2.83. The standard InChI is InChI=1S/C13H23N3O3/c1-9(11(17)19-13(2,3)4)15-5-6-16-10(8-15)7-14-12(16)18/h9-10H,5-8H2,1-4H3,(H,14,18). The number of piperazine rings is 1. The highest BCUT2D eigenvalue weighted by molar-refractivity contribution is 5.78. The quantitative estimate of drug-likeness (QED) is 0.738. The Balaban J connectivity index is 1.92. The van der Waals surface area contributed by atoms with Crippen molar-refractivity contribution in [3.05, 3.63) is 0 Å². The Bertz CT molecular complexity index is 378. The first-order valence-corrected chi connectivity index (χ1v) is 6.79. The van der Waals surface area contributed by atoms with Gasteiger partial charge < -0.3 is 15.0 Å². The summed E-state index contributed by atoms with van der Waals surface area (Å²) in [6.07, 6.45) is 0. The summed E-state index contributed by atoms with van der Waals surface area (Å²) >= 11 is 0. The summed E-state index contributed by atoms with van der Waals surface area (Å²) in [5.74, 6) is -0.196. The molecule has 2 fully saturated rings. The number of amides is 2. The predicted octanol–water partition coefficient (Wildman–Crippen LogP) is 0.426. The van der Waals surface area contributed by atoms with Crippen LogP contribution in [0.2, 0.25) is 0 Å². The smallest absolute Gasteiger partial charge is 0.323 e. The molecule has 0 aliphatic carbocycles. The number of esters is 1. The lowest BCUT2D eigenvalue weighted by Gasteiger charge is -2.39. The van der Waals surface area contributed by atoms with Gasteiger partial charge in [0.15, 0.2) is 0 Å². The van der Waals surface area contributed by atoms with E-state index in [0.717, 1.165) is 6.54 Å². The number of nitrogens with one attached hydrogen (secondary N) is 1. The number of ether oxygens (including phenoxy) is 1. The topological polar surface area (TPSA) is 61.9 Å². The van der Waals surface area contributed by atoms with Crippen LogP contribution in [0.25, 0.3) is 0 Å². The Morgan fingerprint density at radius 1 is 1.42 bits per heavy atom. The average Bonchev–Trinajstić information content (AvgIpc) is 2.67. The molecule has 0 radical (unpaired) electrons. The van der Waals surface area contributed by atoms with Crippen LogP contribution in [0.5, 0.6) is 0 Å². The van der Waals surface area contributed by atoms with E-state index in [1.165, 1.54) is 0 Å². The molecule has 0 aromatic rings. The highest BCUT2D eigenvalue weighted by atomic mass is 16.6. The summed E-state index contributed by atoms with van der Waals surface area (Å²) in [7, 11) is 0. The van der Waals surface area contributed by atoms with Crippen molar-refractivity contribution in [2.75, 3.05) is 26.2 Å². The van der Waals surface area contributed by atoms with Crippen molar-refractivity contribution in [1.82, 2.24) is 15.1 Å². The number of rotatable bonds is 2. The Hall–Kier alpha value is -1.30. The molecule has 1 N–H and O–H groups in total. The van der Waals surface area contributed by atoms with Crippen LogP contribution in [0, 0.1) is 0 Å². The van der Waals surface area contributed by atoms with Gasteiger partial charge >= 0.3 is 12.0 Å². The average molecular weight is 269 g/mol. The van der Waals surface area contributed by atoms with Gasteiger partial charge in [0.2, 0.25) is 0 Å². The minimum Gasteiger partial charge on any atom is -0.459 e. The van der Waals surface area contributed by atoms with E-state index in [0.29, 0.717) is 19.6 Å². The van der Waals surface area contributed by atoms with Crippen LogP contribution < -0.4 is 5.32 Å². The van der Waals surface area contributed by atoms with Crippen LogP contribution in [-0.2, 0) is 9.53 Å². The summed E-state index contributed by atoms with van der Waals surface area (Å²) in [5.41, 5.74) is -0.460. The maximum atomic E-state index is 12.1. The molecule has 108 valence electrons. The molecule has 2 heterocycles. The second-order valence-corrected chi connectivity index (χ2v) is 6.24. The molecule has 2 aliphatic rings. The van der Waals surface area contributed by atoms with E-state index < -0.39 is 5.60 Å². The normalized spacial score (nSPS) is 25.8. The van der Waals surface area contributed by atoms with Crippen molar-refractivity contribution in [3.63, 3.8) is 0 Å². The summed E-state index contributed by atoms with van der Waals surface area (Å²) in [6, 6.07) is -0.0854. The van der Waals surface area contributed by atoms with Crippen molar-refractivity contribution in [1.29, 1.82) is 0 Å². The SMILES string of the molecule is CC(C(=O)OC(C)(C)C)N1CCN2C(=O)NCC2C1. The van der Waals surface area contributed by atoms with E-state index in [4.69, 9.17) is 4.74 Å². The minimum absolute atomic E-state index is 0.00886. The fourth-order valence-electron chi connectivity index (χ4n) is 2.52. The molecule has 2 aliphatic heterocycles. The highest BCUT2D eigenvalue weighted by Crippen LogP contribution is 2.18. The minimum atomic E-state index is -0.460. The summed E-state index contributed by atoms with van der Waals surface area (Å²) in [4.78, 5) is 27.5. The van der Waals surface area contributed by atoms with Crippen molar-refractivity contribution < 1.29 is 14.3 Å². The molecule has 2 saturated heterocycles. The molecule has 0 spiro atoms. The van der Waals surface area contributed by atoms with Crippen molar-refractivity contribution in [2.24, 2.45) is 0 Å². The van der Waals surface area contributed by atoms with Gasteiger partial charge in [-0.15, -0.1) is 0 Å². The molecular formula is C13H23N3O3. The Morgan fingerprint density at radius 3 is 2.74 bits per heavy atom. The van der Waals surface area contributed by atoms with Crippen LogP contribution in [0.3, 0.4) is 0 Å². The number of hydrogen-bond donors (Lipinski definition) is 1. The van der Waals surface area contributed by atoms with Gasteiger partial charge in [-0.1, -0.05) is 0 Å². The van der Waals surface area contributed by atoms with Gasteiger partial charge in [0, 0.05) is 26.2 Å². The molecular weight excluding hydrogens is 246 g/mol. The monoisotopic (exact) mass is 269 g/mol.